The number of carbonyl (C=O) groups is 1. The van der Waals surface area contributed by atoms with Gasteiger partial charge in [0.25, 0.3) is 0 Å². The van der Waals surface area contributed by atoms with E-state index in [1.54, 1.807) is 15.2 Å². The number of alkyl halides is 3. The van der Waals surface area contributed by atoms with E-state index in [0.29, 0.717) is 39.2 Å². The van der Waals surface area contributed by atoms with E-state index in [1.807, 2.05) is 13.8 Å². The van der Waals surface area contributed by atoms with Crippen molar-refractivity contribution in [3.8, 4) is 11.1 Å². The second kappa shape index (κ2) is 10.5. The number of halogens is 4. The van der Waals surface area contributed by atoms with Crippen LogP contribution in [0.25, 0.3) is 22.0 Å². The van der Waals surface area contributed by atoms with Crippen molar-refractivity contribution in [3.05, 3.63) is 50.6 Å². The van der Waals surface area contributed by atoms with Gasteiger partial charge in [-0.25, -0.2) is 4.79 Å². The van der Waals surface area contributed by atoms with E-state index >= 15 is 0 Å². The number of piperazine rings is 1. The Bertz CT molecular complexity index is 1510. The normalized spacial score (nSPS) is 21.5. The summed E-state index contributed by atoms with van der Waals surface area (Å²) in [5.41, 5.74) is -0.610. The molecular weight excluding hydrogens is 573 g/mol. The van der Waals surface area contributed by atoms with Gasteiger partial charge in [-0.2, -0.15) is 18.2 Å². The van der Waals surface area contributed by atoms with Gasteiger partial charge in [0.1, 0.15) is 5.82 Å². The lowest BCUT2D eigenvalue weighted by molar-refractivity contribution is -0.137. The number of amides is 1. The zero-order valence-electron chi connectivity index (χ0n) is 21.4. The van der Waals surface area contributed by atoms with Gasteiger partial charge in [-0.3, -0.25) is 9.36 Å². The van der Waals surface area contributed by atoms with Gasteiger partial charge in [-0.05, 0) is 37.6 Å². The molecule has 3 unspecified atom stereocenters. The van der Waals surface area contributed by atoms with Crippen LogP contribution in [0.2, 0.25) is 4.34 Å². The summed E-state index contributed by atoms with van der Waals surface area (Å²) in [6.07, 6.45) is -3.43. The van der Waals surface area contributed by atoms with Crippen LogP contribution < -0.4 is 10.6 Å². The number of anilines is 1. The van der Waals surface area contributed by atoms with Crippen molar-refractivity contribution in [1.82, 2.24) is 14.5 Å². The molecule has 1 aromatic carbocycles. The first-order chi connectivity index (χ1) is 18.5. The van der Waals surface area contributed by atoms with Crippen molar-refractivity contribution >= 4 is 57.3 Å². The van der Waals surface area contributed by atoms with Crippen molar-refractivity contribution in [2.45, 2.75) is 43.0 Å². The SMILES string of the molecule is C=CC(=O)N1C(C)CN(c2nc(=O)n3c4c(c(-c5csc(Cl)c5)c(C(F)(F)F)cc24)SCC3COC)CC1C. The molecule has 1 saturated heterocycles. The Morgan fingerprint density at radius 1 is 1.28 bits per heavy atom. The minimum atomic E-state index is -4.67. The van der Waals surface area contributed by atoms with E-state index in [2.05, 4.69) is 11.6 Å². The Kier molecular flexibility index (Phi) is 7.51. The van der Waals surface area contributed by atoms with Gasteiger partial charge in [0, 0.05) is 59.3 Å². The van der Waals surface area contributed by atoms with Crippen molar-refractivity contribution < 1.29 is 22.7 Å². The molecule has 39 heavy (non-hydrogen) atoms. The fourth-order valence-electron chi connectivity index (χ4n) is 5.63. The maximum absolute atomic E-state index is 14.6. The van der Waals surface area contributed by atoms with Crippen LogP contribution in [0, 0.1) is 0 Å². The highest BCUT2D eigenvalue weighted by Crippen LogP contribution is 2.50. The molecule has 0 spiro atoms. The lowest BCUT2D eigenvalue weighted by Gasteiger charge is -2.45. The van der Waals surface area contributed by atoms with E-state index in [9.17, 15) is 22.8 Å². The minimum absolute atomic E-state index is 0.00690. The number of hydrogen-bond acceptors (Lipinski definition) is 7. The highest BCUT2D eigenvalue weighted by Gasteiger charge is 2.40. The molecule has 3 atom stereocenters. The molecule has 0 bridgehead atoms. The number of methoxy groups -OCH3 is 1. The third kappa shape index (κ3) is 4.85. The summed E-state index contributed by atoms with van der Waals surface area (Å²) < 4.78 is 51.1. The molecule has 0 radical (unpaired) electrons. The maximum atomic E-state index is 14.6. The number of ether oxygens (including phenoxy) is 1. The van der Waals surface area contributed by atoms with Gasteiger partial charge in [0.05, 0.1) is 28.1 Å². The molecule has 4 heterocycles. The quantitative estimate of drug-likeness (QED) is 0.351. The van der Waals surface area contributed by atoms with Crippen molar-refractivity contribution in [2.24, 2.45) is 0 Å². The van der Waals surface area contributed by atoms with Crippen LogP contribution in [0.3, 0.4) is 0 Å². The molecule has 2 aliphatic heterocycles. The second-order valence-electron chi connectivity index (χ2n) is 9.72. The van der Waals surface area contributed by atoms with Gasteiger partial charge in [-0.1, -0.05) is 18.2 Å². The summed E-state index contributed by atoms with van der Waals surface area (Å²) in [4.78, 5) is 34.2. The van der Waals surface area contributed by atoms with Gasteiger partial charge < -0.3 is 14.5 Å². The lowest BCUT2D eigenvalue weighted by Crippen LogP contribution is -2.58. The Hall–Kier alpha value is -2.54. The number of hydrogen-bond donors (Lipinski definition) is 0. The summed E-state index contributed by atoms with van der Waals surface area (Å²) in [6.45, 7) is 8.07. The van der Waals surface area contributed by atoms with E-state index in [1.165, 1.54) is 35.6 Å². The van der Waals surface area contributed by atoms with Crippen LogP contribution in [-0.4, -0.2) is 65.0 Å². The predicted octanol–water partition coefficient (Wildman–Crippen LogP) is 5.70. The molecule has 208 valence electrons. The van der Waals surface area contributed by atoms with Crippen LogP contribution in [0.4, 0.5) is 19.0 Å². The minimum Gasteiger partial charge on any atom is -0.383 e. The van der Waals surface area contributed by atoms with Crippen molar-refractivity contribution in [3.63, 3.8) is 0 Å². The van der Waals surface area contributed by atoms with E-state index in [4.69, 9.17) is 16.3 Å². The zero-order chi connectivity index (χ0) is 28.2. The molecule has 13 heteroatoms. The first-order valence-electron chi connectivity index (χ1n) is 12.2. The number of carbonyl (C=O) groups excluding carboxylic acids is 1. The Balaban J connectivity index is 1.80. The Morgan fingerprint density at radius 3 is 2.54 bits per heavy atom. The monoisotopic (exact) mass is 598 g/mol. The van der Waals surface area contributed by atoms with Gasteiger partial charge in [-0.15, -0.1) is 23.1 Å². The largest absolute Gasteiger partial charge is 0.417 e. The van der Waals surface area contributed by atoms with E-state index < -0.39 is 23.5 Å². The first-order valence-corrected chi connectivity index (χ1v) is 14.5. The second-order valence-corrected chi connectivity index (χ2v) is 12.3. The number of thiophene rings is 1. The van der Waals surface area contributed by atoms with E-state index in [-0.39, 0.29) is 41.4 Å². The molecule has 1 amide bonds. The lowest BCUT2D eigenvalue weighted by atomic mass is 9.97. The first kappa shape index (κ1) is 28.0. The standard InChI is InChI=1S/C26H26ClF3N4O3S2/c1-5-20(35)33-13(2)8-32(9-14(33)3)24-17-7-18(26(28,29)30)21(15-6-19(27)38-11-15)23-22(17)34(25(36)31-24)16(10-37-4)12-39-23/h5-7,11,13-14,16H,1,8-10,12H2,2-4H3. The Labute approximate surface area is 236 Å². The number of benzene rings is 1. The molecule has 3 aromatic rings. The molecule has 7 nitrogen and oxygen atoms in total. The predicted molar refractivity (Wildman–Crippen MR) is 149 cm³/mol. The van der Waals surface area contributed by atoms with Crippen LogP contribution >= 0.6 is 34.7 Å². The van der Waals surface area contributed by atoms with E-state index in [0.717, 1.165) is 17.4 Å². The number of aromatic nitrogens is 2. The summed E-state index contributed by atoms with van der Waals surface area (Å²) in [7, 11) is 1.52. The zero-order valence-corrected chi connectivity index (χ0v) is 23.8. The molecule has 0 N–H and O–H groups in total. The summed E-state index contributed by atoms with van der Waals surface area (Å²) in [6, 6.07) is 1.65. The number of thioether (sulfide) groups is 1. The van der Waals surface area contributed by atoms with Crippen LogP contribution in [-0.2, 0) is 15.7 Å². The van der Waals surface area contributed by atoms with Crippen molar-refractivity contribution in [1.29, 1.82) is 0 Å². The maximum Gasteiger partial charge on any atom is 0.417 e. The summed E-state index contributed by atoms with van der Waals surface area (Å²) >= 11 is 8.55. The molecule has 0 saturated carbocycles. The van der Waals surface area contributed by atoms with Crippen molar-refractivity contribution in [2.75, 3.05) is 37.5 Å². The average molecular weight is 599 g/mol. The van der Waals surface area contributed by atoms with Crippen LogP contribution in [0.1, 0.15) is 25.5 Å². The van der Waals surface area contributed by atoms with Gasteiger partial charge in [0.15, 0.2) is 0 Å². The molecule has 1 fully saturated rings. The number of rotatable bonds is 5. The van der Waals surface area contributed by atoms with Crippen LogP contribution in [0.15, 0.2) is 39.9 Å². The molecule has 2 aromatic heterocycles. The highest BCUT2D eigenvalue weighted by atomic mass is 35.5. The molecule has 5 rings (SSSR count). The van der Waals surface area contributed by atoms with Gasteiger partial charge in [0.2, 0.25) is 5.91 Å². The third-order valence-electron chi connectivity index (χ3n) is 7.10. The third-order valence-corrected chi connectivity index (χ3v) is 9.43. The summed E-state index contributed by atoms with van der Waals surface area (Å²) in [5.74, 6) is 0.298. The Morgan fingerprint density at radius 2 is 1.97 bits per heavy atom. The smallest absolute Gasteiger partial charge is 0.383 e. The molecule has 0 aliphatic carbocycles. The highest BCUT2D eigenvalue weighted by molar-refractivity contribution is 7.99. The van der Waals surface area contributed by atoms with Crippen LogP contribution in [0.5, 0.6) is 0 Å². The number of nitrogens with zero attached hydrogens (tertiary/aromatic N) is 4. The fraction of sp³-hybridized carbons (Fsp3) is 0.423. The van der Waals surface area contributed by atoms with Gasteiger partial charge >= 0.3 is 11.9 Å². The summed E-state index contributed by atoms with van der Waals surface area (Å²) in [5, 5.41) is 1.83. The molecular formula is C26H26ClF3N4O3S2. The fourth-order valence-corrected chi connectivity index (χ4v) is 7.83. The topological polar surface area (TPSA) is 67.7 Å². The molecule has 2 aliphatic rings. The average Bonchev–Trinajstić information content (AvgIpc) is 3.30.